The second-order valence-corrected chi connectivity index (χ2v) is 5.45. The summed E-state index contributed by atoms with van der Waals surface area (Å²) < 4.78 is 3.27. The molecule has 3 rings (SSSR count). The molecule has 0 atom stereocenters. The number of nitrogens with zero attached hydrogens (tertiary/aromatic N) is 3. The van der Waals surface area contributed by atoms with E-state index in [1.165, 1.54) is 28.3 Å². The summed E-state index contributed by atoms with van der Waals surface area (Å²) in [5, 5.41) is 8.42. The molecular weight excluding hydrogens is 301 g/mol. The summed E-state index contributed by atoms with van der Waals surface area (Å²) >= 11 is 2.30. The minimum absolute atomic E-state index is 0.828. The van der Waals surface area contributed by atoms with Crippen molar-refractivity contribution in [2.24, 2.45) is 5.92 Å². The molecule has 0 amide bonds. The molecule has 0 unspecified atom stereocenters. The molecule has 4 heteroatoms. The van der Waals surface area contributed by atoms with Crippen LogP contribution < -0.4 is 0 Å². The van der Waals surface area contributed by atoms with Crippen LogP contribution in [-0.2, 0) is 6.54 Å². The summed E-state index contributed by atoms with van der Waals surface area (Å²) in [6.07, 6.45) is 4.09. The average Bonchev–Trinajstić information content (AvgIpc) is 2.54. The Morgan fingerprint density at radius 2 is 2.27 bits per heavy atom. The minimum atomic E-state index is 0.828. The van der Waals surface area contributed by atoms with E-state index < -0.39 is 0 Å². The van der Waals surface area contributed by atoms with Crippen LogP contribution in [0, 0.1) is 9.49 Å². The third kappa shape index (κ3) is 1.75. The van der Waals surface area contributed by atoms with Crippen molar-refractivity contribution >= 4 is 33.6 Å². The molecule has 78 valence electrons. The zero-order valence-electron chi connectivity index (χ0n) is 8.36. The predicted octanol–water partition coefficient (Wildman–Crippen LogP) is 2.84. The molecule has 2 aromatic rings. The van der Waals surface area contributed by atoms with Crippen LogP contribution in [0.15, 0.2) is 18.2 Å². The lowest BCUT2D eigenvalue weighted by molar-refractivity contribution is 0.268. The Kier molecular flexibility index (Phi) is 2.38. The van der Waals surface area contributed by atoms with Crippen molar-refractivity contribution in [3.63, 3.8) is 0 Å². The molecule has 1 aliphatic carbocycles. The van der Waals surface area contributed by atoms with Gasteiger partial charge in [0.25, 0.3) is 0 Å². The number of hydrogen-bond acceptors (Lipinski definition) is 2. The SMILES string of the molecule is Ic1ccc2c(c1)nnn2CC1CCC1. The topological polar surface area (TPSA) is 30.7 Å². The first-order valence-electron chi connectivity index (χ1n) is 5.32. The Balaban J connectivity index is 1.96. The van der Waals surface area contributed by atoms with Gasteiger partial charge in [0.05, 0.1) is 5.52 Å². The highest BCUT2D eigenvalue weighted by Crippen LogP contribution is 2.28. The molecule has 0 N–H and O–H groups in total. The van der Waals surface area contributed by atoms with Crippen LogP contribution in [0.2, 0.25) is 0 Å². The second kappa shape index (κ2) is 3.73. The van der Waals surface area contributed by atoms with Crippen LogP contribution in [0.5, 0.6) is 0 Å². The molecule has 1 heterocycles. The van der Waals surface area contributed by atoms with Crippen LogP contribution in [0.25, 0.3) is 11.0 Å². The number of rotatable bonds is 2. The van der Waals surface area contributed by atoms with Crippen molar-refractivity contribution in [2.75, 3.05) is 0 Å². The fourth-order valence-corrected chi connectivity index (χ4v) is 2.47. The van der Waals surface area contributed by atoms with Gasteiger partial charge in [-0.2, -0.15) is 0 Å². The molecule has 1 aromatic carbocycles. The molecule has 1 saturated carbocycles. The Bertz CT molecular complexity index is 488. The van der Waals surface area contributed by atoms with Crippen LogP contribution in [0.3, 0.4) is 0 Å². The van der Waals surface area contributed by atoms with Crippen LogP contribution >= 0.6 is 22.6 Å². The Hall–Kier alpha value is -0.650. The Labute approximate surface area is 102 Å². The number of halogens is 1. The third-order valence-electron chi connectivity index (χ3n) is 3.13. The van der Waals surface area contributed by atoms with Crippen molar-refractivity contribution in [2.45, 2.75) is 25.8 Å². The van der Waals surface area contributed by atoms with Gasteiger partial charge < -0.3 is 0 Å². The Morgan fingerprint density at radius 3 is 3.00 bits per heavy atom. The molecular formula is C11H12IN3. The highest BCUT2D eigenvalue weighted by molar-refractivity contribution is 14.1. The predicted molar refractivity (Wildman–Crippen MR) is 67.6 cm³/mol. The van der Waals surface area contributed by atoms with Crippen molar-refractivity contribution in [3.8, 4) is 0 Å². The molecule has 0 saturated heterocycles. The fraction of sp³-hybridized carbons (Fsp3) is 0.455. The monoisotopic (exact) mass is 313 g/mol. The maximum atomic E-state index is 4.22. The summed E-state index contributed by atoms with van der Waals surface area (Å²) in [4.78, 5) is 0. The standard InChI is InChI=1S/C11H12IN3/c12-9-4-5-11-10(6-9)13-14-15(11)7-8-2-1-3-8/h4-6,8H,1-3,7H2. The number of fused-ring (bicyclic) bond motifs is 1. The molecule has 0 radical (unpaired) electrons. The maximum absolute atomic E-state index is 4.22. The summed E-state index contributed by atoms with van der Waals surface area (Å²) in [6, 6.07) is 6.32. The van der Waals surface area contributed by atoms with E-state index in [1.54, 1.807) is 0 Å². The van der Waals surface area contributed by atoms with E-state index in [0.717, 1.165) is 18.0 Å². The third-order valence-corrected chi connectivity index (χ3v) is 3.80. The van der Waals surface area contributed by atoms with Gasteiger partial charge in [-0.15, -0.1) is 5.10 Å². The summed E-state index contributed by atoms with van der Waals surface area (Å²) in [5.41, 5.74) is 2.18. The molecule has 15 heavy (non-hydrogen) atoms. The smallest absolute Gasteiger partial charge is 0.114 e. The van der Waals surface area contributed by atoms with Crippen molar-refractivity contribution in [1.82, 2.24) is 15.0 Å². The van der Waals surface area contributed by atoms with Crippen molar-refractivity contribution < 1.29 is 0 Å². The zero-order chi connectivity index (χ0) is 10.3. The van der Waals surface area contributed by atoms with Gasteiger partial charge in [0.15, 0.2) is 0 Å². The molecule has 1 aliphatic rings. The van der Waals surface area contributed by atoms with E-state index in [4.69, 9.17) is 0 Å². The van der Waals surface area contributed by atoms with Gasteiger partial charge in [-0.3, -0.25) is 0 Å². The summed E-state index contributed by atoms with van der Waals surface area (Å²) in [5.74, 6) is 0.828. The number of benzene rings is 1. The van der Waals surface area contributed by atoms with E-state index in [9.17, 15) is 0 Å². The maximum Gasteiger partial charge on any atom is 0.114 e. The lowest BCUT2D eigenvalue weighted by Crippen LogP contribution is -2.18. The van der Waals surface area contributed by atoms with Gasteiger partial charge in [-0.1, -0.05) is 11.6 Å². The second-order valence-electron chi connectivity index (χ2n) is 4.20. The average molecular weight is 313 g/mol. The lowest BCUT2D eigenvalue weighted by Gasteiger charge is -2.24. The van der Waals surface area contributed by atoms with Gasteiger partial charge in [-0.25, -0.2) is 4.68 Å². The van der Waals surface area contributed by atoms with Crippen LogP contribution in [0.1, 0.15) is 19.3 Å². The lowest BCUT2D eigenvalue weighted by atomic mass is 9.85. The Morgan fingerprint density at radius 1 is 1.40 bits per heavy atom. The van der Waals surface area contributed by atoms with Gasteiger partial charge in [0, 0.05) is 10.1 Å². The van der Waals surface area contributed by atoms with Crippen LogP contribution in [0.4, 0.5) is 0 Å². The van der Waals surface area contributed by atoms with E-state index in [-0.39, 0.29) is 0 Å². The zero-order valence-corrected chi connectivity index (χ0v) is 10.5. The molecule has 3 nitrogen and oxygen atoms in total. The van der Waals surface area contributed by atoms with E-state index in [2.05, 4.69) is 55.8 Å². The molecule has 0 spiro atoms. The highest BCUT2D eigenvalue weighted by atomic mass is 127. The van der Waals surface area contributed by atoms with Gasteiger partial charge in [0.1, 0.15) is 5.52 Å². The molecule has 1 fully saturated rings. The van der Waals surface area contributed by atoms with Gasteiger partial charge in [0.2, 0.25) is 0 Å². The highest BCUT2D eigenvalue weighted by Gasteiger charge is 2.19. The van der Waals surface area contributed by atoms with Crippen LogP contribution in [-0.4, -0.2) is 15.0 Å². The van der Waals surface area contributed by atoms with Gasteiger partial charge in [-0.05, 0) is 59.5 Å². The van der Waals surface area contributed by atoms with Crippen molar-refractivity contribution in [3.05, 3.63) is 21.8 Å². The number of hydrogen-bond donors (Lipinski definition) is 0. The van der Waals surface area contributed by atoms with E-state index >= 15 is 0 Å². The fourth-order valence-electron chi connectivity index (χ4n) is 2.00. The normalized spacial score (nSPS) is 16.9. The summed E-state index contributed by atoms with van der Waals surface area (Å²) in [6.45, 7) is 1.04. The van der Waals surface area contributed by atoms with E-state index in [1.807, 2.05) is 0 Å². The molecule has 0 bridgehead atoms. The molecule has 0 aliphatic heterocycles. The largest absolute Gasteiger partial charge is 0.244 e. The molecule has 1 aromatic heterocycles. The first-order valence-corrected chi connectivity index (χ1v) is 6.39. The first-order chi connectivity index (χ1) is 7.33. The number of aromatic nitrogens is 3. The van der Waals surface area contributed by atoms with Gasteiger partial charge >= 0.3 is 0 Å². The quantitative estimate of drug-likeness (QED) is 0.798. The minimum Gasteiger partial charge on any atom is -0.244 e. The van der Waals surface area contributed by atoms with E-state index in [0.29, 0.717) is 0 Å². The van der Waals surface area contributed by atoms with Crippen molar-refractivity contribution in [1.29, 1.82) is 0 Å². The summed E-state index contributed by atoms with van der Waals surface area (Å²) in [7, 11) is 0. The first kappa shape index (κ1) is 9.57.